The molecular weight excluding hydrogens is 428 g/mol. The first-order chi connectivity index (χ1) is 15.7. The smallest absolute Gasteiger partial charge is 0.338 e. The molecule has 0 amide bonds. The highest BCUT2D eigenvalue weighted by Gasteiger charge is 2.21. The Balaban J connectivity index is 1.60. The number of fused-ring (bicyclic) bond motifs is 2. The molecular formula is C24H20N2O5S. The van der Waals surface area contributed by atoms with E-state index in [1.54, 1.807) is 30.0 Å². The Kier molecular flexibility index (Phi) is 5.46. The molecule has 3 heterocycles. The van der Waals surface area contributed by atoms with Gasteiger partial charge in [0.25, 0.3) is 5.56 Å². The van der Waals surface area contributed by atoms with Crippen LogP contribution in [0.4, 0.5) is 0 Å². The minimum atomic E-state index is -0.424. The van der Waals surface area contributed by atoms with Crippen LogP contribution in [-0.2, 0) is 22.6 Å². The van der Waals surface area contributed by atoms with E-state index in [2.05, 4.69) is 4.98 Å². The Morgan fingerprint density at radius 1 is 1.25 bits per heavy atom. The van der Waals surface area contributed by atoms with E-state index < -0.39 is 5.97 Å². The van der Waals surface area contributed by atoms with Crippen molar-refractivity contribution in [2.24, 2.45) is 0 Å². The maximum atomic E-state index is 13.4. The van der Waals surface area contributed by atoms with Crippen LogP contribution in [0.5, 0.6) is 5.75 Å². The third-order valence-electron chi connectivity index (χ3n) is 5.28. The highest BCUT2D eigenvalue weighted by molar-refractivity contribution is 7.17. The average molecular weight is 449 g/mol. The van der Waals surface area contributed by atoms with Crippen LogP contribution in [0.2, 0.25) is 0 Å². The second-order valence-electron chi connectivity index (χ2n) is 7.33. The van der Waals surface area contributed by atoms with E-state index in [-0.39, 0.29) is 25.5 Å². The van der Waals surface area contributed by atoms with Gasteiger partial charge in [-0.3, -0.25) is 9.36 Å². The molecule has 0 unspecified atom stereocenters. The first kappa shape index (κ1) is 20.4. The molecule has 0 N–H and O–H groups in total. The van der Waals surface area contributed by atoms with Crippen molar-refractivity contribution < 1.29 is 19.0 Å². The summed E-state index contributed by atoms with van der Waals surface area (Å²) in [5.41, 5.74) is 3.55. The number of hydrogen-bond donors (Lipinski definition) is 0. The van der Waals surface area contributed by atoms with Crippen molar-refractivity contribution in [3.05, 3.63) is 81.2 Å². The molecule has 8 heteroatoms. The van der Waals surface area contributed by atoms with Crippen LogP contribution >= 0.6 is 11.3 Å². The summed E-state index contributed by atoms with van der Waals surface area (Å²) in [6, 6.07) is 13.2. The molecule has 5 rings (SSSR count). The second kappa shape index (κ2) is 8.57. The molecule has 7 nitrogen and oxygen atoms in total. The summed E-state index contributed by atoms with van der Waals surface area (Å²) in [6.07, 6.45) is 1.54. The van der Waals surface area contributed by atoms with Crippen LogP contribution in [0, 0.1) is 0 Å². The summed E-state index contributed by atoms with van der Waals surface area (Å²) in [5, 5.41) is 2.55. The number of carbonyl (C=O) groups is 1. The van der Waals surface area contributed by atoms with Gasteiger partial charge in [-0.15, -0.1) is 11.3 Å². The Bertz CT molecular complexity index is 1360. The zero-order valence-electron chi connectivity index (χ0n) is 17.4. The molecule has 2 aromatic heterocycles. The quantitative estimate of drug-likeness (QED) is 0.426. The van der Waals surface area contributed by atoms with Gasteiger partial charge in [0.1, 0.15) is 10.6 Å². The summed E-state index contributed by atoms with van der Waals surface area (Å²) >= 11 is 1.45. The molecule has 162 valence electrons. The van der Waals surface area contributed by atoms with Gasteiger partial charge in [0.15, 0.2) is 6.79 Å². The number of esters is 1. The lowest BCUT2D eigenvalue weighted by molar-refractivity contribution is -0.0171. The van der Waals surface area contributed by atoms with Crippen molar-refractivity contribution in [2.75, 3.05) is 13.4 Å². The van der Waals surface area contributed by atoms with Crippen LogP contribution in [0.25, 0.3) is 21.3 Å². The fourth-order valence-corrected chi connectivity index (χ4v) is 4.75. The molecule has 1 aliphatic heterocycles. The topological polar surface area (TPSA) is 79.7 Å². The van der Waals surface area contributed by atoms with Crippen LogP contribution in [0.3, 0.4) is 0 Å². The SMILES string of the molecule is CCOC(=O)c1cc2c(c(Cn3cnc4scc(-c5ccccc5)c4c3=O)c1)OCOC2. The van der Waals surface area contributed by atoms with Gasteiger partial charge < -0.3 is 14.2 Å². The highest BCUT2D eigenvalue weighted by atomic mass is 32.1. The molecule has 0 saturated heterocycles. The molecule has 0 saturated carbocycles. The number of nitrogens with zero attached hydrogens (tertiary/aromatic N) is 2. The van der Waals surface area contributed by atoms with Crippen molar-refractivity contribution in [1.29, 1.82) is 0 Å². The highest BCUT2D eigenvalue weighted by Crippen LogP contribution is 2.32. The minimum Gasteiger partial charge on any atom is -0.467 e. The summed E-state index contributed by atoms with van der Waals surface area (Å²) in [5.74, 6) is 0.206. The minimum absolute atomic E-state index is 0.119. The average Bonchev–Trinajstić information content (AvgIpc) is 3.26. The maximum Gasteiger partial charge on any atom is 0.338 e. The van der Waals surface area contributed by atoms with E-state index >= 15 is 0 Å². The number of aromatic nitrogens is 2. The molecule has 2 aromatic carbocycles. The Labute approximate surface area is 187 Å². The van der Waals surface area contributed by atoms with Crippen molar-refractivity contribution >= 4 is 27.5 Å². The predicted molar refractivity (Wildman–Crippen MR) is 121 cm³/mol. The second-order valence-corrected chi connectivity index (χ2v) is 8.19. The molecule has 0 spiro atoms. The van der Waals surface area contributed by atoms with Gasteiger partial charge in [-0.1, -0.05) is 30.3 Å². The lowest BCUT2D eigenvalue weighted by Crippen LogP contribution is -2.23. The normalized spacial score (nSPS) is 12.9. The number of thiophene rings is 1. The van der Waals surface area contributed by atoms with Gasteiger partial charge in [-0.25, -0.2) is 9.78 Å². The van der Waals surface area contributed by atoms with E-state index in [9.17, 15) is 9.59 Å². The van der Waals surface area contributed by atoms with Gasteiger partial charge in [0, 0.05) is 22.1 Å². The van der Waals surface area contributed by atoms with Gasteiger partial charge in [-0.05, 0) is 24.6 Å². The van der Waals surface area contributed by atoms with E-state index in [0.717, 1.165) is 16.7 Å². The summed E-state index contributed by atoms with van der Waals surface area (Å²) < 4.78 is 17.8. The van der Waals surface area contributed by atoms with E-state index in [1.807, 2.05) is 35.7 Å². The molecule has 0 fully saturated rings. The van der Waals surface area contributed by atoms with E-state index in [1.165, 1.54) is 11.3 Å². The summed E-state index contributed by atoms with van der Waals surface area (Å²) in [6.45, 7) is 2.69. The molecule has 0 aliphatic carbocycles. The first-order valence-corrected chi connectivity index (χ1v) is 11.1. The Hall–Kier alpha value is -3.49. The van der Waals surface area contributed by atoms with Crippen molar-refractivity contribution in [2.45, 2.75) is 20.1 Å². The number of benzene rings is 2. The summed E-state index contributed by atoms with van der Waals surface area (Å²) in [7, 11) is 0. The van der Waals surface area contributed by atoms with Crippen LogP contribution in [0.15, 0.2) is 59.0 Å². The Morgan fingerprint density at radius 3 is 2.91 bits per heavy atom. The fourth-order valence-electron chi connectivity index (χ4n) is 3.84. The third kappa shape index (κ3) is 3.68. The zero-order valence-corrected chi connectivity index (χ0v) is 18.2. The molecule has 0 radical (unpaired) electrons. The molecule has 32 heavy (non-hydrogen) atoms. The Morgan fingerprint density at radius 2 is 2.09 bits per heavy atom. The lowest BCUT2D eigenvalue weighted by Gasteiger charge is -2.22. The van der Waals surface area contributed by atoms with E-state index in [0.29, 0.717) is 33.7 Å². The van der Waals surface area contributed by atoms with E-state index in [4.69, 9.17) is 14.2 Å². The third-order valence-corrected chi connectivity index (χ3v) is 6.17. The number of rotatable bonds is 5. The fraction of sp³-hybridized carbons (Fsp3) is 0.208. The molecule has 4 aromatic rings. The monoisotopic (exact) mass is 448 g/mol. The molecule has 0 atom stereocenters. The maximum absolute atomic E-state index is 13.4. The van der Waals surface area contributed by atoms with Crippen LogP contribution in [-0.4, -0.2) is 28.9 Å². The number of hydrogen-bond acceptors (Lipinski definition) is 7. The van der Waals surface area contributed by atoms with Gasteiger partial charge in [-0.2, -0.15) is 0 Å². The standard InChI is InChI=1S/C24H20N2O5S/c1-2-30-24(28)16-8-17(21-18(9-16)11-29-14-31-21)10-26-13-25-22-20(23(26)27)19(12-32-22)15-6-4-3-5-7-15/h3-9,12-13H,2,10-11,14H2,1H3. The lowest BCUT2D eigenvalue weighted by atomic mass is 10.0. The number of carbonyl (C=O) groups excluding carboxylic acids is 1. The zero-order chi connectivity index (χ0) is 22.1. The van der Waals surface area contributed by atoms with Crippen LogP contribution in [0.1, 0.15) is 28.4 Å². The van der Waals surface area contributed by atoms with Crippen molar-refractivity contribution in [1.82, 2.24) is 9.55 Å². The van der Waals surface area contributed by atoms with Gasteiger partial charge >= 0.3 is 5.97 Å². The molecule has 1 aliphatic rings. The predicted octanol–water partition coefficient (Wildman–Crippen LogP) is 4.22. The summed E-state index contributed by atoms with van der Waals surface area (Å²) in [4.78, 5) is 31.0. The van der Waals surface area contributed by atoms with Gasteiger partial charge in [0.2, 0.25) is 0 Å². The number of ether oxygens (including phenoxy) is 3. The van der Waals surface area contributed by atoms with Gasteiger partial charge in [0.05, 0.1) is 37.0 Å². The largest absolute Gasteiger partial charge is 0.467 e. The van der Waals surface area contributed by atoms with Crippen LogP contribution < -0.4 is 10.3 Å². The molecule has 0 bridgehead atoms. The van der Waals surface area contributed by atoms with Crippen molar-refractivity contribution in [3.8, 4) is 16.9 Å². The first-order valence-electron chi connectivity index (χ1n) is 10.2. The van der Waals surface area contributed by atoms with Crippen molar-refractivity contribution in [3.63, 3.8) is 0 Å².